The third-order valence-corrected chi connectivity index (χ3v) is 4.57. The van der Waals surface area contributed by atoms with E-state index in [4.69, 9.17) is 4.74 Å². The van der Waals surface area contributed by atoms with Crippen molar-refractivity contribution in [2.45, 2.75) is 38.7 Å². The smallest absolute Gasteiger partial charge is 0.253 e. The molecule has 0 spiro atoms. The minimum Gasteiger partial charge on any atom is -0.377 e. The van der Waals surface area contributed by atoms with Crippen LogP contribution in [0.25, 0.3) is 0 Å². The Morgan fingerprint density at radius 2 is 1.77 bits per heavy atom. The topological polar surface area (TPSA) is 32.8 Å². The molecule has 0 radical (unpaired) electrons. The Morgan fingerprint density at radius 3 is 2.50 bits per heavy atom. The highest BCUT2D eigenvalue weighted by Gasteiger charge is 2.21. The van der Waals surface area contributed by atoms with Gasteiger partial charge in [0.25, 0.3) is 5.91 Å². The highest BCUT2D eigenvalue weighted by molar-refractivity contribution is 5.94. The van der Waals surface area contributed by atoms with Crippen molar-refractivity contribution in [3.63, 3.8) is 0 Å². The van der Waals surface area contributed by atoms with Crippen LogP contribution in [0.15, 0.2) is 24.3 Å². The molecule has 0 aliphatic carbocycles. The van der Waals surface area contributed by atoms with E-state index in [9.17, 15) is 4.79 Å². The average molecular weight is 302 g/mol. The zero-order valence-corrected chi connectivity index (χ0v) is 13.5. The number of carbonyl (C=O) groups excluding carboxylic acids is 1. The van der Waals surface area contributed by atoms with Crippen molar-refractivity contribution in [1.29, 1.82) is 0 Å². The molecule has 4 nitrogen and oxygen atoms in total. The molecule has 3 rings (SSSR count). The van der Waals surface area contributed by atoms with Gasteiger partial charge in [-0.1, -0.05) is 0 Å². The van der Waals surface area contributed by atoms with E-state index in [-0.39, 0.29) is 12.0 Å². The second-order valence-corrected chi connectivity index (χ2v) is 6.38. The summed E-state index contributed by atoms with van der Waals surface area (Å²) in [6, 6.07) is 8.14. The first kappa shape index (κ1) is 15.3. The predicted octanol–water partition coefficient (Wildman–Crippen LogP) is 2.93. The van der Waals surface area contributed by atoms with Gasteiger partial charge < -0.3 is 14.5 Å². The van der Waals surface area contributed by atoms with E-state index in [1.165, 1.54) is 24.9 Å². The maximum Gasteiger partial charge on any atom is 0.253 e. The lowest BCUT2D eigenvalue weighted by atomic mass is 10.1. The van der Waals surface area contributed by atoms with Crippen LogP contribution in [0, 0.1) is 0 Å². The molecule has 0 bridgehead atoms. The van der Waals surface area contributed by atoms with Gasteiger partial charge in [0.05, 0.1) is 6.10 Å². The van der Waals surface area contributed by atoms with Crippen molar-refractivity contribution in [2.75, 3.05) is 37.7 Å². The fourth-order valence-electron chi connectivity index (χ4n) is 3.33. The number of benzene rings is 1. The number of piperidine rings is 1. The molecule has 2 heterocycles. The highest BCUT2D eigenvalue weighted by Crippen LogP contribution is 2.21. The van der Waals surface area contributed by atoms with Crippen molar-refractivity contribution in [3.05, 3.63) is 29.8 Å². The molecule has 2 saturated heterocycles. The summed E-state index contributed by atoms with van der Waals surface area (Å²) >= 11 is 0. The summed E-state index contributed by atoms with van der Waals surface area (Å²) in [4.78, 5) is 17.0. The molecule has 0 N–H and O–H groups in total. The summed E-state index contributed by atoms with van der Waals surface area (Å²) < 4.78 is 5.62. The van der Waals surface area contributed by atoms with Gasteiger partial charge >= 0.3 is 0 Å². The number of ether oxygens (including phenoxy) is 1. The molecule has 1 atom stereocenters. The van der Waals surface area contributed by atoms with Crippen molar-refractivity contribution in [2.24, 2.45) is 0 Å². The molecule has 0 aromatic heterocycles. The van der Waals surface area contributed by atoms with Gasteiger partial charge in [0.15, 0.2) is 0 Å². The van der Waals surface area contributed by atoms with Crippen molar-refractivity contribution >= 4 is 11.6 Å². The molecule has 2 aliphatic heterocycles. The standard InChI is InChI=1S/C18H26N2O2/c1-15-14-20(12-5-13-22-15)18(21)16-6-8-17(9-7-16)19-10-3-2-4-11-19/h6-9,15H,2-5,10-14H2,1H3/t15-/m0/s1. The molecule has 1 aromatic rings. The molecule has 0 saturated carbocycles. The van der Waals surface area contributed by atoms with E-state index in [0.717, 1.165) is 38.2 Å². The first-order chi connectivity index (χ1) is 10.7. The SMILES string of the molecule is C[C@H]1CN(C(=O)c2ccc(N3CCCCC3)cc2)CCCO1. The largest absolute Gasteiger partial charge is 0.377 e. The van der Waals surface area contributed by atoms with E-state index in [2.05, 4.69) is 17.0 Å². The van der Waals surface area contributed by atoms with Gasteiger partial charge in [-0.15, -0.1) is 0 Å². The lowest BCUT2D eigenvalue weighted by Gasteiger charge is -2.29. The molecule has 1 aromatic carbocycles. The number of carbonyl (C=O) groups is 1. The number of hydrogen-bond donors (Lipinski definition) is 0. The van der Waals surface area contributed by atoms with Crippen LogP contribution in [-0.2, 0) is 4.74 Å². The number of amides is 1. The fourth-order valence-corrected chi connectivity index (χ4v) is 3.33. The zero-order valence-electron chi connectivity index (χ0n) is 13.5. The maximum atomic E-state index is 12.6. The van der Waals surface area contributed by atoms with Crippen LogP contribution in [0.4, 0.5) is 5.69 Å². The lowest BCUT2D eigenvalue weighted by Crippen LogP contribution is -2.36. The molecule has 4 heteroatoms. The Kier molecular flexibility index (Phi) is 4.98. The third-order valence-electron chi connectivity index (χ3n) is 4.57. The normalized spacial score (nSPS) is 23.2. The molecule has 1 amide bonds. The second kappa shape index (κ2) is 7.14. The van der Waals surface area contributed by atoms with E-state index in [1.807, 2.05) is 24.0 Å². The average Bonchev–Trinajstić information content (AvgIpc) is 2.80. The van der Waals surface area contributed by atoms with E-state index in [1.54, 1.807) is 0 Å². The summed E-state index contributed by atoms with van der Waals surface area (Å²) in [7, 11) is 0. The Bertz CT molecular complexity index is 494. The van der Waals surface area contributed by atoms with Gasteiger partial charge in [0, 0.05) is 44.0 Å². The molecular weight excluding hydrogens is 276 g/mol. The third kappa shape index (κ3) is 3.61. The number of hydrogen-bond acceptors (Lipinski definition) is 3. The molecule has 120 valence electrons. The number of rotatable bonds is 2. The lowest BCUT2D eigenvalue weighted by molar-refractivity contribution is 0.0563. The Labute approximate surface area is 133 Å². The minimum absolute atomic E-state index is 0.124. The molecule has 2 aliphatic rings. The van der Waals surface area contributed by atoms with Crippen molar-refractivity contribution in [1.82, 2.24) is 4.90 Å². The van der Waals surface area contributed by atoms with Gasteiger partial charge in [-0.25, -0.2) is 0 Å². The summed E-state index contributed by atoms with van der Waals surface area (Å²) in [5.41, 5.74) is 2.03. The summed E-state index contributed by atoms with van der Waals surface area (Å²) in [6.45, 7) is 6.52. The van der Waals surface area contributed by atoms with Crippen LogP contribution in [0.1, 0.15) is 43.0 Å². The summed E-state index contributed by atoms with van der Waals surface area (Å²) in [6.07, 6.45) is 4.92. The van der Waals surface area contributed by atoms with Gasteiger partial charge in [-0.3, -0.25) is 4.79 Å². The Balaban J connectivity index is 1.67. The van der Waals surface area contributed by atoms with Gasteiger partial charge in [0.1, 0.15) is 0 Å². The van der Waals surface area contributed by atoms with Gasteiger partial charge in [-0.2, -0.15) is 0 Å². The van der Waals surface area contributed by atoms with E-state index < -0.39 is 0 Å². The first-order valence-corrected chi connectivity index (χ1v) is 8.50. The second-order valence-electron chi connectivity index (χ2n) is 6.38. The van der Waals surface area contributed by atoms with E-state index in [0.29, 0.717) is 6.54 Å². The number of anilines is 1. The maximum absolute atomic E-state index is 12.6. The van der Waals surface area contributed by atoms with Crippen molar-refractivity contribution in [3.8, 4) is 0 Å². The van der Waals surface area contributed by atoms with Crippen LogP contribution < -0.4 is 4.90 Å². The monoisotopic (exact) mass is 302 g/mol. The van der Waals surface area contributed by atoms with Gasteiger partial charge in [0.2, 0.25) is 0 Å². The predicted molar refractivity (Wildman–Crippen MR) is 88.4 cm³/mol. The van der Waals surface area contributed by atoms with Gasteiger partial charge in [-0.05, 0) is 56.9 Å². The Hall–Kier alpha value is -1.55. The molecule has 22 heavy (non-hydrogen) atoms. The molecule has 0 unspecified atom stereocenters. The van der Waals surface area contributed by atoms with E-state index >= 15 is 0 Å². The highest BCUT2D eigenvalue weighted by atomic mass is 16.5. The Morgan fingerprint density at radius 1 is 1.05 bits per heavy atom. The molecular formula is C18H26N2O2. The summed E-state index contributed by atoms with van der Waals surface area (Å²) in [5.74, 6) is 0.127. The van der Waals surface area contributed by atoms with Crippen LogP contribution >= 0.6 is 0 Å². The van der Waals surface area contributed by atoms with Crippen LogP contribution in [0.3, 0.4) is 0 Å². The zero-order chi connectivity index (χ0) is 15.4. The minimum atomic E-state index is 0.124. The summed E-state index contributed by atoms with van der Waals surface area (Å²) in [5, 5.41) is 0. The quantitative estimate of drug-likeness (QED) is 0.842. The first-order valence-electron chi connectivity index (χ1n) is 8.50. The fraction of sp³-hybridized carbons (Fsp3) is 0.611. The van der Waals surface area contributed by atoms with Crippen LogP contribution in [0.2, 0.25) is 0 Å². The van der Waals surface area contributed by atoms with Crippen LogP contribution in [-0.4, -0.2) is 49.7 Å². The molecule has 2 fully saturated rings. The van der Waals surface area contributed by atoms with Crippen molar-refractivity contribution < 1.29 is 9.53 Å². The van der Waals surface area contributed by atoms with Crippen LogP contribution in [0.5, 0.6) is 0 Å². The number of nitrogens with zero attached hydrogens (tertiary/aromatic N) is 2.